The zero-order valence-electron chi connectivity index (χ0n) is 22.3. The highest BCUT2D eigenvalue weighted by molar-refractivity contribution is 7.79. The summed E-state index contributed by atoms with van der Waals surface area (Å²) in [6, 6.07) is 8.46. The van der Waals surface area contributed by atoms with E-state index in [1.54, 1.807) is 30.3 Å². The van der Waals surface area contributed by atoms with Gasteiger partial charge in [-0.05, 0) is 24.5 Å². The monoisotopic (exact) mass is 580 g/mol. The summed E-state index contributed by atoms with van der Waals surface area (Å²) in [6.07, 6.45) is -7.40. The highest BCUT2D eigenvalue weighted by Gasteiger charge is 3.03. The van der Waals surface area contributed by atoms with Crippen LogP contribution in [0.15, 0.2) is 30.3 Å². The summed E-state index contributed by atoms with van der Waals surface area (Å²) < 4.78 is 35.4. The molecule has 5 aliphatic rings. The Morgan fingerprint density at radius 1 is 1.10 bits per heavy atom. The molecular formula is C27H32O12S. The number of carbonyl (C=O) groups excluding carboxylic acids is 2. The van der Waals surface area contributed by atoms with Crippen LogP contribution < -0.4 is 4.74 Å². The average Bonchev–Trinajstić information content (AvgIpc) is 3.53. The molecule has 1 aromatic rings. The molecule has 0 aromatic heterocycles. The number of fused-ring (bicyclic) bond motifs is 1. The Morgan fingerprint density at radius 3 is 2.38 bits per heavy atom. The Bertz CT molecular complexity index is 1250. The first-order chi connectivity index (χ1) is 18.8. The minimum Gasteiger partial charge on any atom is -0.456 e. The standard InChI is InChI=1S/C27H32O12S/c1-12-19(31)36-18-17(38-22(40)35-13-8-6-5-7-9-13)25-16-14(30)15(23(2,3)4)24(25,10-28)21(34-11-29)39-27(25,20(32)37-16)26(12,18)33/h5-9,12,14-18,21,28-30,33H,10-11H2,1-4H3/t12-,14-,15+,16?,17+,18?,21?,24?,25?,26-,27?/m1/s1. The van der Waals surface area contributed by atoms with Crippen molar-refractivity contribution in [2.24, 2.45) is 28.1 Å². The van der Waals surface area contributed by atoms with Gasteiger partial charge in [0.05, 0.1) is 24.0 Å². The first kappa shape index (κ1) is 27.8. The van der Waals surface area contributed by atoms with Crippen molar-refractivity contribution in [3.05, 3.63) is 30.3 Å². The van der Waals surface area contributed by atoms with Crippen LogP contribution >= 0.6 is 12.2 Å². The van der Waals surface area contributed by atoms with E-state index in [1.165, 1.54) is 6.92 Å². The van der Waals surface area contributed by atoms with Gasteiger partial charge in [-0.3, -0.25) is 4.79 Å². The fourth-order valence-corrected chi connectivity index (χ4v) is 8.98. The number of hydrogen-bond acceptors (Lipinski definition) is 13. The second-order valence-electron chi connectivity index (χ2n) is 12.3. The predicted octanol–water partition coefficient (Wildman–Crippen LogP) is 0.0305. The number of benzene rings is 1. The molecule has 3 heterocycles. The lowest BCUT2D eigenvalue weighted by Gasteiger charge is -2.49. The summed E-state index contributed by atoms with van der Waals surface area (Å²) in [5.74, 6) is -3.80. The molecule has 2 saturated carbocycles. The largest absolute Gasteiger partial charge is 0.456 e. The minimum absolute atomic E-state index is 0.330. The molecule has 4 N–H and O–H groups in total. The Hall–Kier alpha value is -2.39. The van der Waals surface area contributed by atoms with E-state index in [2.05, 4.69) is 0 Å². The number of aliphatic hydroxyl groups excluding tert-OH is 3. The van der Waals surface area contributed by atoms with Gasteiger partial charge in [-0.2, -0.15) is 0 Å². The van der Waals surface area contributed by atoms with E-state index < -0.39 is 101 Å². The van der Waals surface area contributed by atoms with Crippen LogP contribution in [-0.4, -0.2) is 92.9 Å². The van der Waals surface area contributed by atoms with Gasteiger partial charge in [0, 0.05) is 18.1 Å². The van der Waals surface area contributed by atoms with Crippen molar-refractivity contribution in [3.63, 3.8) is 0 Å². The summed E-state index contributed by atoms with van der Waals surface area (Å²) >= 11 is 5.43. The van der Waals surface area contributed by atoms with Crippen LogP contribution in [-0.2, 0) is 33.3 Å². The Kier molecular flexibility index (Phi) is 5.95. The van der Waals surface area contributed by atoms with Crippen molar-refractivity contribution >= 4 is 29.4 Å². The Balaban J connectivity index is 1.62. The molecular weight excluding hydrogens is 548 g/mol. The number of aliphatic hydroxyl groups is 4. The smallest absolute Gasteiger partial charge is 0.358 e. The number of esters is 2. The second kappa shape index (κ2) is 8.57. The molecule has 6 rings (SSSR count). The quantitative estimate of drug-likeness (QED) is 0.209. The summed E-state index contributed by atoms with van der Waals surface area (Å²) in [6.45, 7) is 5.21. The molecule has 1 aromatic carbocycles. The maximum absolute atomic E-state index is 14.0. The zero-order valence-corrected chi connectivity index (χ0v) is 23.1. The summed E-state index contributed by atoms with van der Waals surface area (Å²) in [5.41, 5.74) is -9.25. The van der Waals surface area contributed by atoms with Crippen LogP contribution in [0.4, 0.5) is 0 Å². The maximum atomic E-state index is 14.0. The van der Waals surface area contributed by atoms with Gasteiger partial charge in [-0.25, -0.2) is 4.79 Å². The highest BCUT2D eigenvalue weighted by atomic mass is 32.1. The van der Waals surface area contributed by atoms with Crippen LogP contribution in [0.25, 0.3) is 0 Å². The minimum atomic E-state index is -2.42. The molecule has 0 radical (unpaired) electrons. The van der Waals surface area contributed by atoms with Gasteiger partial charge in [0.2, 0.25) is 5.60 Å². The van der Waals surface area contributed by atoms with Crippen LogP contribution in [0.2, 0.25) is 0 Å². The number of rotatable bonds is 5. The predicted molar refractivity (Wildman–Crippen MR) is 135 cm³/mol. The highest BCUT2D eigenvalue weighted by Crippen LogP contribution is 2.83. The molecule has 13 heteroatoms. The van der Waals surface area contributed by atoms with Crippen molar-refractivity contribution in [2.45, 2.75) is 69.6 Å². The molecule has 12 nitrogen and oxygen atoms in total. The van der Waals surface area contributed by atoms with Gasteiger partial charge < -0.3 is 48.8 Å². The van der Waals surface area contributed by atoms with Crippen molar-refractivity contribution in [1.29, 1.82) is 0 Å². The van der Waals surface area contributed by atoms with Gasteiger partial charge in [0.25, 0.3) is 0 Å². The van der Waals surface area contributed by atoms with Crippen molar-refractivity contribution in [2.75, 3.05) is 13.4 Å². The number of para-hydroxylation sites is 1. The summed E-state index contributed by atoms with van der Waals surface area (Å²) in [7, 11) is 0. The summed E-state index contributed by atoms with van der Waals surface area (Å²) in [4.78, 5) is 26.9. The number of thiocarbonyl (C=S) groups is 1. The normalized spacial score (nSPS) is 46.5. The molecule has 2 aliphatic carbocycles. The number of carbonyl (C=O) groups is 2. The molecule has 3 saturated heterocycles. The lowest BCUT2D eigenvalue weighted by molar-refractivity contribution is -0.277. The molecule has 40 heavy (non-hydrogen) atoms. The second-order valence-corrected chi connectivity index (χ2v) is 12.6. The van der Waals surface area contributed by atoms with Crippen LogP contribution in [0.1, 0.15) is 27.7 Å². The fourth-order valence-electron chi connectivity index (χ4n) is 8.78. The van der Waals surface area contributed by atoms with Crippen LogP contribution in [0.3, 0.4) is 0 Å². The molecule has 0 amide bonds. The van der Waals surface area contributed by atoms with E-state index in [-0.39, 0.29) is 0 Å². The van der Waals surface area contributed by atoms with Crippen LogP contribution in [0.5, 0.6) is 5.75 Å². The maximum Gasteiger partial charge on any atom is 0.358 e. The van der Waals surface area contributed by atoms with Gasteiger partial charge in [0.15, 0.2) is 24.1 Å². The molecule has 5 fully saturated rings. The molecule has 6 unspecified atom stereocenters. The van der Waals surface area contributed by atoms with E-state index in [1.807, 2.05) is 20.8 Å². The van der Waals surface area contributed by atoms with E-state index in [9.17, 15) is 30.0 Å². The van der Waals surface area contributed by atoms with Crippen molar-refractivity contribution < 1.29 is 58.4 Å². The third-order valence-electron chi connectivity index (χ3n) is 9.80. The van der Waals surface area contributed by atoms with E-state index in [0.29, 0.717) is 5.75 Å². The van der Waals surface area contributed by atoms with Gasteiger partial charge in [0.1, 0.15) is 24.1 Å². The molecule has 1 spiro atoms. The molecule has 218 valence electrons. The third kappa shape index (κ3) is 2.79. The Morgan fingerprint density at radius 2 is 1.77 bits per heavy atom. The molecule has 0 bridgehead atoms. The SMILES string of the molecule is C[C@@H]1C(=O)OC2[C@H](OC(=S)Oc3ccccc3)C34C5OC(=O)C3(OC(OCO)C4(CO)[C@H](C(C)(C)C)[C@H]5O)[C@]21O. The lowest BCUT2D eigenvalue weighted by atomic mass is 9.52. The zero-order chi connectivity index (χ0) is 29.0. The molecule has 11 atom stereocenters. The van der Waals surface area contributed by atoms with Crippen molar-refractivity contribution in [3.8, 4) is 5.75 Å². The van der Waals surface area contributed by atoms with E-state index in [0.717, 1.165) is 0 Å². The Labute approximate surface area is 235 Å². The van der Waals surface area contributed by atoms with E-state index in [4.69, 9.17) is 40.6 Å². The summed E-state index contributed by atoms with van der Waals surface area (Å²) in [5, 5.41) is 45.0. The first-order valence-corrected chi connectivity index (χ1v) is 13.5. The number of ether oxygens (including phenoxy) is 6. The van der Waals surface area contributed by atoms with Crippen LogP contribution in [0, 0.1) is 28.1 Å². The number of hydrogen-bond donors (Lipinski definition) is 4. The van der Waals surface area contributed by atoms with Gasteiger partial charge in [-0.1, -0.05) is 39.0 Å². The first-order valence-electron chi connectivity index (χ1n) is 13.1. The van der Waals surface area contributed by atoms with Crippen molar-refractivity contribution in [1.82, 2.24) is 0 Å². The van der Waals surface area contributed by atoms with Gasteiger partial charge >= 0.3 is 17.2 Å². The average molecular weight is 581 g/mol. The van der Waals surface area contributed by atoms with E-state index >= 15 is 0 Å². The topological polar surface area (TPSA) is 170 Å². The van der Waals surface area contributed by atoms with Gasteiger partial charge in [-0.15, -0.1) is 0 Å². The molecule has 3 aliphatic heterocycles. The lowest BCUT2D eigenvalue weighted by Crippen LogP contribution is -2.66. The fraction of sp³-hybridized carbons (Fsp3) is 0.667. The third-order valence-corrected chi connectivity index (χ3v) is 9.98.